The van der Waals surface area contributed by atoms with E-state index in [0.717, 1.165) is 18.7 Å². The molecule has 1 aromatic carbocycles. The Morgan fingerprint density at radius 2 is 1.96 bits per heavy atom. The zero-order chi connectivity index (χ0) is 16.7. The molecule has 0 aliphatic carbocycles. The fraction of sp³-hybridized carbons (Fsp3) is 0.500. The van der Waals surface area contributed by atoms with Gasteiger partial charge in [0.25, 0.3) is 0 Å². The minimum atomic E-state index is -0.240. The molecule has 0 saturated heterocycles. The van der Waals surface area contributed by atoms with Crippen LogP contribution in [0, 0.1) is 0 Å². The molecule has 0 aliphatic heterocycles. The van der Waals surface area contributed by atoms with Gasteiger partial charge in [-0.05, 0) is 36.5 Å². The maximum absolute atomic E-state index is 11.8. The van der Waals surface area contributed by atoms with Crippen molar-refractivity contribution in [2.45, 2.75) is 58.8 Å². The molecule has 0 N–H and O–H groups in total. The van der Waals surface area contributed by atoms with Crippen LogP contribution in [0.3, 0.4) is 0 Å². The van der Waals surface area contributed by atoms with E-state index in [2.05, 4.69) is 30.9 Å². The molecule has 0 atom stereocenters. The fourth-order valence-electron chi connectivity index (χ4n) is 2.20. The van der Waals surface area contributed by atoms with Gasteiger partial charge in [0.15, 0.2) is 5.82 Å². The normalized spacial score (nSPS) is 11.0. The minimum absolute atomic E-state index is 0.240. The number of aromatic nitrogens is 2. The molecule has 0 unspecified atom stereocenters. The van der Waals surface area contributed by atoms with Crippen molar-refractivity contribution in [1.82, 2.24) is 10.1 Å². The van der Waals surface area contributed by atoms with Crippen molar-refractivity contribution in [2.75, 3.05) is 0 Å². The zero-order valence-corrected chi connectivity index (χ0v) is 14.0. The van der Waals surface area contributed by atoms with Crippen LogP contribution in [-0.2, 0) is 17.6 Å². The molecule has 1 aromatic heterocycles. The Hall–Kier alpha value is -2.17. The van der Waals surface area contributed by atoms with Gasteiger partial charge in [-0.3, -0.25) is 4.79 Å². The van der Waals surface area contributed by atoms with Crippen LogP contribution in [0.5, 0.6) is 5.75 Å². The van der Waals surface area contributed by atoms with Gasteiger partial charge in [0.05, 0.1) is 0 Å². The number of rotatable bonds is 8. The topological polar surface area (TPSA) is 65.2 Å². The molecule has 1 heterocycles. The lowest BCUT2D eigenvalue weighted by atomic mass is 10.0. The number of aryl methyl sites for hydroxylation is 2. The average Bonchev–Trinajstić information content (AvgIpc) is 2.96. The smallest absolute Gasteiger partial charge is 0.311 e. The highest BCUT2D eigenvalue weighted by Gasteiger charge is 2.09. The lowest BCUT2D eigenvalue weighted by Crippen LogP contribution is -2.08. The van der Waals surface area contributed by atoms with E-state index < -0.39 is 0 Å². The molecule has 2 rings (SSSR count). The van der Waals surface area contributed by atoms with Crippen molar-refractivity contribution in [2.24, 2.45) is 0 Å². The van der Waals surface area contributed by atoms with E-state index in [1.807, 2.05) is 24.3 Å². The Bertz CT molecular complexity index is 617. The summed E-state index contributed by atoms with van der Waals surface area (Å²) in [6, 6.07) is 7.65. The zero-order valence-electron chi connectivity index (χ0n) is 14.0. The maximum Gasteiger partial charge on any atom is 0.311 e. The molecule has 0 fully saturated rings. The van der Waals surface area contributed by atoms with Crippen LogP contribution in [0.2, 0.25) is 0 Å². The first-order valence-electron chi connectivity index (χ1n) is 8.20. The first-order valence-corrected chi connectivity index (χ1v) is 8.20. The summed E-state index contributed by atoms with van der Waals surface area (Å²) in [6.45, 7) is 6.33. The summed E-state index contributed by atoms with van der Waals surface area (Å²) in [5, 5.41) is 3.89. The molecule has 23 heavy (non-hydrogen) atoms. The Morgan fingerprint density at radius 3 is 2.61 bits per heavy atom. The van der Waals surface area contributed by atoms with Crippen LogP contribution >= 0.6 is 0 Å². The standard InChI is InChI=1S/C18H24N2O3/c1-4-6-16-19-17(23-20-16)7-5-8-18(21)22-15-11-9-14(10-12-15)13(2)3/h9-13H,4-8H2,1-3H3. The summed E-state index contributed by atoms with van der Waals surface area (Å²) in [4.78, 5) is 16.1. The van der Waals surface area contributed by atoms with Gasteiger partial charge in [-0.1, -0.05) is 38.1 Å². The second-order valence-corrected chi connectivity index (χ2v) is 5.91. The van der Waals surface area contributed by atoms with Gasteiger partial charge in [0, 0.05) is 19.3 Å². The van der Waals surface area contributed by atoms with Crippen molar-refractivity contribution in [3.63, 3.8) is 0 Å². The summed E-state index contributed by atoms with van der Waals surface area (Å²) in [5.41, 5.74) is 1.23. The van der Waals surface area contributed by atoms with Crippen LogP contribution in [0.25, 0.3) is 0 Å². The molecule has 5 nitrogen and oxygen atoms in total. The van der Waals surface area contributed by atoms with Crippen LogP contribution < -0.4 is 4.74 Å². The number of carbonyl (C=O) groups is 1. The summed E-state index contributed by atoms with van der Waals surface area (Å²) in [6.07, 6.45) is 3.37. The van der Waals surface area contributed by atoms with Crippen molar-refractivity contribution >= 4 is 5.97 Å². The molecule has 0 amide bonds. The van der Waals surface area contributed by atoms with E-state index in [1.165, 1.54) is 5.56 Å². The lowest BCUT2D eigenvalue weighted by Gasteiger charge is -2.07. The molecule has 5 heteroatoms. The quantitative estimate of drug-likeness (QED) is 0.542. The largest absolute Gasteiger partial charge is 0.427 e. The second kappa shape index (κ2) is 8.46. The third kappa shape index (κ3) is 5.51. The van der Waals surface area contributed by atoms with E-state index >= 15 is 0 Å². The lowest BCUT2D eigenvalue weighted by molar-refractivity contribution is -0.134. The number of hydrogen-bond donors (Lipinski definition) is 0. The Kier molecular flexibility index (Phi) is 6.32. The molecule has 0 saturated carbocycles. The van der Waals surface area contributed by atoms with Crippen LogP contribution in [-0.4, -0.2) is 16.1 Å². The molecule has 0 radical (unpaired) electrons. The molecular formula is C18H24N2O3. The number of benzene rings is 1. The second-order valence-electron chi connectivity index (χ2n) is 5.91. The molecule has 0 spiro atoms. The first-order chi connectivity index (χ1) is 11.1. The predicted octanol–water partition coefficient (Wildman–Crippen LogP) is 4.07. The van der Waals surface area contributed by atoms with Crippen molar-refractivity contribution in [1.29, 1.82) is 0 Å². The SMILES string of the molecule is CCCc1noc(CCCC(=O)Oc2ccc(C(C)C)cc2)n1. The van der Waals surface area contributed by atoms with E-state index in [0.29, 0.717) is 36.8 Å². The average molecular weight is 316 g/mol. The van der Waals surface area contributed by atoms with Gasteiger partial charge >= 0.3 is 5.97 Å². The van der Waals surface area contributed by atoms with Crippen LogP contribution in [0.1, 0.15) is 63.2 Å². The van der Waals surface area contributed by atoms with Gasteiger partial charge < -0.3 is 9.26 Å². The summed E-state index contributed by atoms with van der Waals surface area (Å²) in [7, 11) is 0. The highest BCUT2D eigenvalue weighted by Crippen LogP contribution is 2.19. The number of esters is 1. The third-order valence-electron chi connectivity index (χ3n) is 3.53. The van der Waals surface area contributed by atoms with E-state index in [1.54, 1.807) is 0 Å². The highest BCUT2D eigenvalue weighted by atomic mass is 16.5. The summed E-state index contributed by atoms with van der Waals surface area (Å²) in [5.74, 6) is 2.13. The molecule has 0 aliphatic rings. The molecular weight excluding hydrogens is 292 g/mol. The van der Waals surface area contributed by atoms with Gasteiger partial charge in [-0.15, -0.1) is 0 Å². The van der Waals surface area contributed by atoms with E-state index in [-0.39, 0.29) is 5.97 Å². The summed E-state index contributed by atoms with van der Waals surface area (Å²) >= 11 is 0. The van der Waals surface area contributed by atoms with E-state index in [4.69, 9.17) is 9.26 Å². The monoisotopic (exact) mass is 316 g/mol. The number of carbonyl (C=O) groups excluding carboxylic acids is 1. The Balaban J connectivity index is 1.74. The Labute approximate surface area is 137 Å². The molecule has 124 valence electrons. The molecule has 2 aromatic rings. The van der Waals surface area contributed by atoms with E-state index in [9.17, 15) is 4.79 Å². The summed E-state index contributed by atoms with van der Waals surface area (Å²) < 4.78 is 10.5. The minimum Gasteiger partial charge on any atom is -0.427 e. The fourth-order valence-corrected chi connectivity index (χ4v) is 2.20. The van der Waals surface area contributed by atoms with Crippen molar-refractivity contribution in [3.05, 3.63) is 41.5 Å². The van der Waals surface area contributed by atoms with Gasteiger partial charge in [0.1, 0.15) is 5.75 Å². The molecule has 0 bridgehead atoms. The van der Waals surface area contributed by atoms with Crippen molar-refractivity contribution < 1.29 is 14.1 Å². The number of hydrogen-bond acceptors (Lipinski definition) is 5. The maximum atomic E-state index is 11.8. The number of ether oxygens (including phenoxy) is 1. The van der Waals surface area contributed by atoms with Crippen LogP contribution in [0.4, 0.5) is 0 Å². The van der Waals surface area contributed by atoms with Gasteiger partial charge in [0.2, 0.25) is 5.89 Å². The van der Waals surface area contributed by atoms with Gasteiger partial charge in [-0.25, -0.2) is 0 Å². The number of nitrogens with zero attached hydrogens (tertiary/aromatic N) is 2. The predicted molar refractivity (Wildman–Crippen MR) is 87.4 cm³/mol. The first kappa shape index (κ1) is 17.2. The van der Waals surface area contributed by atoms with Crippen LogP contribution in [0.15, 0.2) is 28.8 Å². The van der Waals surface area contributed by atoms with Crippen molar-refractivity contribution in [3.8, 4) is 5.75 Å². The van der Waals surface area contributed by atoms with Gasteiger partial charge in [-0.2, -0.15) is 4.98 Å². The highest BCUT2D eigenvalue weighted by molar-refractivity contribution is 5.72. The third-order valence-corrected chi connectivity index (χ3v) is 3.53. The Morgan fingerprint density at radius 1 is 1.22 bits per heavy atom.